The number of carbonyl (C=O) groups excluding carboxylic acids is 1. The van der Waals surface area contributed by atoms with Crippen molar-refractivity contribution in [1.82, 2.24) is 0 Å². The summed E-state index contributed by atoms with van der Waals surface area (Å²) in [6.07, 6.45) is 20.4. The van der Waals surface area contributed by atoms with Crippen molar-refractivity contribution in [3.05, 3.63) is 0 Å². The molecule has 0 saturated carbocycles. The van der Waals surface area contributed by atoms with Crippen LogP contribution in [0.5, 0.6) is 0 Å². The Bertz CT molecular complexity index is 329. The number of unbranched alkanes of at least 4 members (excludes halogenated alkanes) is 13. The molecule has 0 spiro atoms. The largest absolute Gasteiger partial charge is 1.00 e. The van der Waals surface area contributed by atoms with Crippen LogP contribution in [-0.2, 0) is 4.79 Å². The van der Waals surface area contributed by atoms with Crippen molar-refractivity contribution >= 4 is 12.0 Å². The lowest BCUT2D eigenvalue weighted by Gasteiger charge is -2.23. The zero-order chi connectivity index (χ0) is 22.3. The minimum absolute atomic E-state index is 0. The van der Waals surface area contributed by atoms with Crippen LogP contribution < -0.4 is 28.4 Å². The summed E-state index contributed by atoms with van der Waals surface area (Å²) in [5.41, 5.74) is 8.50. The number of primary amides is 2. The maximum absolute atomic E-state index is 9.00. The van der Waals surface area contributed by atoms with E-state index in [1.165, 1.54) is 96.4 Å². The summed E-state index contributed by atoms with van der Waals surface area (Å²) < 4.78 is 1.12. The topological polar surface area (TPSA) is 106 Å². The van der Waals surface area contributed by atoms with Crippen LogP contribution in [-0.4, -0.2) is 49.3 Å². The molecule has 0 fully saturated rings. The van der Waals surface area contributed by atoms with Crippen LogP contribution >= 0.6 is 0 Å². The van der Waals surface area contributed by atoms with Gasteiger partial charge in [0.05, 0.1) is 27.7 Å². The maximum atomic E-state index is 9.00. The summed E-state index contributed by atoms with van der Waals surface area (Å²) in [7, 11) is 6.88. The van der Waals surface area contributed by atoms with E-state index < -0.39 is 12.0 Å². The lowest BCUT2D eigenvalue weighted by Crippen LogP contribution is -3.00. The van der Waals surface area contributed by atoms with E-state index in [0.29, 0.717) is 0 Å². The first-order valence-electron chi connectivity index (χ1n) is 11.1. The molecule has 0 atom stereocenters. The monoisotopic (exact) mass is 483 g/mol. The first-order chi connectivity index (χ1) is 13.0. The molecule has 0 aromatic heterocycles. The van der Waals surface area contributed by atoms with Gasteiger partial charge in [-0.3, -0.25) is 4.79 Å². The Morgan fingerprint density at radius 1 is 0.690 bits per heavy atom. The summed E-state index contributed by atoms with van der Waals surface area (Å²) >= 11 is 0. The molecule has 178 valence electrons. The van der Waals surface area contributed by atoms with Gasteiger partial charge in [-0.05, 0) is 12.8 Å². The number of halogens is 1. The number of carboxylic acid groups (broad SMARTS) is 1. The molecule has 0 aliphatic heterocycles. The summed E-state index contributed by atoms with van der Waals surface area (Å²) in [5, 5.41) is 7.42. The third-order valence-electron chi connectivity index (χ3n) is 4.18. The summed E-state index contributed by atoms with van der Waals surface area (Å²) in [6.45, 7) is 4.71. The van der Waals surface area contributed by atoms with Crippen molar-refractivity contribution in [2.75, 3.05) is 27.7 Å². The van der Waals surface area contributed by atoms with Gasteiger partial charge in [-0.1, -0.05) is 84.0 Å². The quantitative estimate of drug-likeness (QED) is 0.245. The van der Waals surface area contributed by atoms with E-state index in [0.717, 1.165) is 11.4 Å². The zero-order valence-electron chi connectivity index (χ0n) is 19.9. The first-order valence-corrected chi connectivity index (χ1v) is 11.1. The second-order valence-corrected chi connectivity index (χ2v) is 8.53. The number of aliphatic carboxylic acids is 1. The number of hydrogen-bond acceptors (Lipinski definition) is 2. The SMILES string of the molecule is CC(=O)O.CCCCCCCCCCCCCCCC[N+](C)(C)C.NC(N)=O.[Br-]. The molecule has 5 N–H and O–H groups in total. The molecule has 7 heteroatoms. The fraction of sp³-hybridized carbons (Fsp3) is 0.909. The molecule has 0 aromatic rings. The number of carbonyl (C=O) groups is 2. The Morgan fingerprint density at radius 2 is 0.897 bits per heavy atom. The highest BCUT2D eigenvalue weighted by molar-refractivity contribution is 5.69. The van der Waals surface area contributed by atoms with Gasteiger partial charge in [-0.2, -0.15) is 0 Å². The lowest BCUT2D eigenvalue weighted by atomic mass is 10.0. The number of hydrogen-bond donors (Lipinski definition) is 3. The average molecular weight is 485 g/mol. The van der Waals surface area contributed by atoms with E-state index in [2.05, 4.69) is 39.5 Å². The molecule has 0 radical (unpaired) electrons. The van der Waals surface area contributed by atoms with Gasteiger partial charge in [0.25, 0.3) is 5.97 Å². The lowest BCUT2D eigenvalue weighted by molar-refractivity contribution is -0.870. The number of nitrogens with zero attached hydrogens (tertiary/aromatic N) is 1. The summed E-state index contributed by atoms with van der Waals surface area (Å²) in [6, 6.07) is -0.833. The van der Waals surface area contributed by atoms with Crippen LogP contribution in [0.25, 0.3) is 0 Å². The van der Waals surface area contributed by atoms with Gasteiger partial charge in [-0.15, -0.1) is 0 Å². The number of urea groups is 1. The summed E-state index contributed by atoms with van der Waals surface area (Å²) in [5.74, 6) is -0.833. The van der Waals surface area contributed by atoms with Crippen LogP contribution in [0.4, 0.5) is 4.79 Å². The molecule has 0 bridgehead atoms. The number of nitrogens with two attached hydrogens (primary N) is 2. The van der Waals surface area contributed by atoms with Crippen molar-refractivity contribution in [1.29, 1.82) is 0 Å². The van der Waals surface area contributed by atoms with Crippen LogP contribution in [0.3, 0.4) is 0 Å². The Hall–Kier alpha value is -0.820. The number of quaternary nitrogens is 1. The fourth-order valence-corrected chi connectivity index (χ4v) is 2.78. The molecular weight excluding hydrogens is 434 g/mol. The highest BCUT2D eigenvalue weighted by Crippen LogP contribution is 2.13. The average Bonchev–Trinajstić information content (AvgIpc) is 2.53. The summed E-state index contributed by atoms with van der Waals surface area (Å²) in [4.78, 5) is 18.0. The number of carboxylic acids is 1. The van der Waals surface area contributed by atoms with Crippen molar-refractivity contribution in [3.63, 3.8) is 0 Å². The van der Waals surface area contributed by atoms with E-state index in [9.17, 15) is 0 Å². The standard InChI is InChI=1S/C19H42N.C2H4O2.CH4N2O.BrH/c1-5-6-7-8-9-10-11-12-13-14-15-16-17-18-19-20(2,3)4;1-2(3)4;2-1(3)4;/h5-19H2,1-4H3;1H3,(H,3,4);(H4,2,3,4);1H/q+1;;;/p-1. The van der Waals surface area contributed by atoms with Crippen molar-refractivity contribution in [2.24, 2.45) is 11.5 Å². The maximum Gasteiger partial charge on any atom is 0.309 e. The molecule has 0 aromatic carbocycles. The molecule has 0 rings (SSSR count). The van der Waals surface area contributed by atoms with Gasteiger partial charge in [0.15, 0.2) is 0 Å². The first kappa shape index (κ1) is 35.6. The Labute approximate surface area is 191 Å². The predicted octanol–water partition coefficient (Wildman–Crippen LogP) is 2.29. The van der Waals surface area contributed by atoms with Crippen molar-refractivity contribution in [2.45, 2.75) is 104 Å². The minimum Gasteiger partial charge on any atom is -1.00 e. The van der Waals surface area contributed by atoms with Crippen LogP contribution in [0.2, 0.25) is 0 Å². The second-order valence-electron chi connectivity index (χ2n) is 8.53. The third kappa shape index (κ3) is 65.8. The van der Waals surface area contributed by atoms with E-state index >= 15 is 0 Å². The Balaban J connectivity index is -0.000000294. The van der Waals surface area contributed by atoms with Crippen molar-refractivity contribution < 1.29 is 36.2 Å². The molecule has 0 unspecified atom stereocenters. The predicted molar refractivity (Wildman–Crippen MR) is 120 cm³/mol. The van der Waals surface area contributed by atoms with E-state index in [-0.39, 0.29) is 17.0 Å². The minimum atomic E-state index is -0.833. The Morgan fingerprint density at radius 3 is 1.10 bits per heavy atom. The molecule has 0 saturated heterocycles. The molecule has 6 nitrogen and oxygen atoms in total. The van der Waals surface area contributed by atoms with Gasteiger partial charge in [0.1, 0.15) is 0 Å². The number of rotatable bonds is 15. The van der Waals surface area contributed by atoms with Gasteiger partial charge in [0, 0.05) is 6.92 Å². The van der Waals surface area contributed by atoms with E-state index in [4.69, 9.17) is 14.7 Å². The van der Waals surface area contributed by atoms with Gasteiger partial charge in [0.2, 0.25) is 0 Å². The molecule has 0 heterocycles. The molecular formula is C22H50BrN3O3. The van der Waals surface area contributed by atoms with E-state index in [1.807, 2.05) is 0 Å². The fourth-order valence-electron chi connectivity index (χ4n) is 2.78. The second kappa shape index (κ2) is 27.2. The highest BCUT2D eigenvalue weighted by atomic mass is 79.9. The highest BCUT2D eigenvalue weighted by Gasteiger charge is 2.04. The van der Waals surface area contributed by atoms with Gasteiger partial charge in [-0.25, -0.2) is 4.79 Å². The van der Waals surface area contributed by atoms with Crippen LogP contribution in [0.1, 0.15) is 104 Å². The van der Waals surface area contributed by atoms with Crippen LogP contribution in [0, 0.1) is 0 Å². The molecule has 2 amide bonds. The molecule has 0 aliphatic carbocycles. The van der Waals surface area contributed by atoms with Crippen LogP contribution in [0.15, 0.2) is 0 Å². The normalized spacial score (nSPS) is 9.97. The van der Waals surface area contributed by atoms with Gasteiger partial charge >= 0.3 is 6.03 Å². The Kier molecular flexibility index (Phi) is 33.4. The molecule has 29 heavy (non-hydrogen) atoms. The molecule has 0 aliphatic rings. The smallest absolute Gasteiger partial charge is 0.309 e. The third-order valence-corrected chi connectivity index (χ3v) is 4.18. The van der Waals surface area contributed by atoms with Gasteiger partial charge < -0.3 is 38.0 Å². The number of amides is 2. The van der Waals surface area contributed by atoms with E-state index in [1.54, 1.807) is 0 Å². The van der Waals surface area contributed by atoms with Crippen molar-refractivity contribution in [3.8, 4) is 0 Å². The zero-order valence-corrected chi connectivity index (χ0v) is 21.4.